The number of amides is 3. The number of carbonyl (C=O) groups is 3. The summed E-state index contributed by atoms with van der Waals surface area (Å²) in [6, 6.07) is 16.1. The largest absolute Gasteiger partial charge is 0.374 e. The number of fused-ring (bicyclic) bond motifs is 2. The second kappa shape index (κ2) is 13.4. The lowest BCUT2D eigenvalue weighted by Crippen LogP contribution is -2.61. The van der Waals surface area contributed by atoms with Crippen molar-refractivity contribution in [3.8, 4) is 0 Å². The van der Waals surface area contributed by atoms with Gasteiger partial charge in [-0.15, -0.1) is 0 Å². The Bertz CT molecular complexity index is 1410. The average molecular weight is 614 g/mol. The first-order valence-electron chi connectivity index (χ1n) is 14.7. The van der Waals surface area contributed by atoms with Gasteiger partial charge in [0.15, 0.2) is 0 Å². The predicted molar refractivity (Wildman–Crippen MR) is 165 cm³/mol. The maximum Gasteiger partial charge on any atom is 0.247 e. The highest BCUT2D eigenvalue weighted by atomic mass is 32.2. The number of nitrogens with two attached hydrogens (primary N) is 1. The highest BCUT2D eigenvalue weighted by Gasteiger charge is 2.48. The summed E-state index contributed by atoms with van der Waals surface area (Å²) in [5.41, 5.74) is 6.45. The number of carbonyl (C=O) groups excluding carboxylic acids is 3. The third kappa shape index (κ3) is 7.73. The number of likely N-dealkylation sites (tertiary alicyclic amines) is 1. The van der Waals surface area contributed by atoms with Crippen LogP contribution in [0.5, 0.6) is 0 Å². The standard InChI is InChI=1S/C31H43N5O6S/c1-30(2,34-27(37)14-9-17-32)29(39)33-25(21-42-20-23-10-5-4-6-11-23)28(38)35-18-15-31(16-19-35)22-36(43(3,40)41)26-13-8-7-12-24(26)31/h4-8,10-13,25H,9,14-22,32H2,1-3H3,(H,33,39)(H,34,37)/t25-/m1/s1. The second-order valence-corrected chi connectivity index (χ2v) is 13.9. The molecule has 2 aliphatic rings. The molecule has 2 heterocycles. The first-order valence-corrected chi connectivity index (χ1v) is 16.5. The normalized spacial score (nSPS) is 16.9. The number of piperidine rings is 1. The van der Waals surface area contributed by atoms with Crippen LogP contribution in [0.3, 0.4) is 0 Å². The first kappa shape index (κ1) is 32.4. The number of hydrogen-bond acceptors (Lipinski definition) is 7. The van der Waals surface area contributed by atoms with E-state index in [2.05, 4.69) is 10.6 Å². The van der Waals surface area contributed by atoms with Crippen LogP contribution in [0.1, 0.15) is 50.7 Å². The van der Waals surface area contributed by atoms with Gasteiger partial charge in [-0.1, -0.05) is 48.5 Å². The third-order valence-corrected chi connectivity index (χ3v) is 9.38. The van der Waals surface area contributed by atoms with Gasteiger partial charge in [0.2, 0.25) is 27.7 Å². The van der Waals surface area contributed by atoms with Gasteiger partial charge in [0.1, 0.15) is 11.6 Å². The maximum absolute atomic E-state index is 13.9. The molecule has 4 rings (SSSR count). The van der Waals surface area contributed by atoms with Crippen molar-refractivity contribution in [1.29, 1.82) is 0 Å². The number of nitrogens with zero attached hydrogens (tertiary/aromatic N) is 2. The van der Waals surface area contributed by atoms with E-state index in [1.807, 2.05) is 54.6 Å². The van der Waals surface area contributed by atoms with Crippen LogP contribution in [0, 0.1) is 0 Å². The van der Waals surface area contributed by atoms with Gasteiger partial charge < -0.3 is 26.0 Å². The average Bonchev–Trinajstić information content (AvgIpc) is 3.30. The Kier molecular flexibility index (Phi) is 10.1. The Morgan fingerprint density at radius 1 is 1.05 bits per heavy atom. The maximum atomic E-state index is 13.9. The van der Waals surface area contributed by atoms with E-state index in [1.165, 1.54) is 10.6 Å². The molecule has 0 unspecified atom stereocenters. The molecule has 1 atom stereocenters. The first-order chi connectivity index (χ1) is 20.4. The minimum Gasteiger partial charge on any atom is -0.374 e. The molecule has 11 nitrogen and oxygen atoms in total. The zero-order chi connectivity index (χ0) is 31.3. The summed E-state index contributed by atoms with van der Waals surface area (Å²) in [5.74, 6) is -1.08. The molecule has 0 saturated carbocycles. The number of benzene rings is 2. The number of nitrogens with one attached hydrogen (secondary N) is 2. The van der Waals surface area contributed by atoms with Crippen LogP contribution in [0.4, 0.5) is 5.69 Å². The van der Waals surface area contributed by atoms with Gasteiger partial charge >= 0.3 is 0 Å². The number of sulfonamides is 1. The lowest BCUT2D eigenvalue weighted by Gasteiger charge is -2.41. The van der Waals surface area contributed by atoms with Crippen molar-refractivity contribution in [2.75, 3.05) is 43.3 Å². The van der Waals surface area contributed by atoms with Gasteiger partial charge in [-0.25, -0.2) is 8.42 Å². The van der Waals surface area contributed by atoms with Crippen molar-refractivity contribution in [2.45, 2.75) is 63.1 Å². The quantitative estimate of drug-likeness (QED) is 0.329. The Balaban J connectivity index is 1.46. The van der Waals surface area contributed by atoms with Crippen LogP contribution < -0.4 is 20.7 Å². The van der Waals surface area contributed by atoms with Gasteiger partial charge in [0, 0.05) is 31.5 Å². The summed E-state index contributed by atoms with van der Waals surface area (Å²) in [7, 11) is -3.46. The summed E-state index contributed by atoms with van der Waals surface area (Å²) in [6.07, 6.45) is 3.07. The second-order valence-electron chi connectivity index (χ2n) is 12.0. The Hall–Kier alpha value is -3.48. The van der Waals surface area contributed by atoms with Crippen molar-refractivity contribution >= 4 is 33.4 Å². The van der Waals surface area contributed by atoms with Crippen molar-refractivity contribution < 1.29 is 27.5 Å². The molecule has 2 aromatic carbocycles. The highest BCUT2D eigenvalue weighted by Crippen LogP contribution is 2.47. The Morgan fingerprint density at radius 3 is 2.35 bits per heavy atom. The summed E-state index contributed by atoms with van der Waals surface area (Å²) in [6.45, 7) is 4.89. The summed E-state index contributed by atoms with van der Waals surface area (Å²) < 4.78 is 32.5. The minimum absolute atomic E-state index is 0.0526. The van der Waals surface area contributed by atoms with Gasteiger partial charge in [-0.2, -0.15) is 0 Å². The highest BCUT2D eigenvalue weighted by molar-refractivity contribution is 7.92. The van der Waals surface area contributed by atoms with Crippen molar-refractivity contribution in [3.05, 3.63) is 65.7 Å². The Labute approximate surface area is 254 Å². The zero-order valence-electron chi connectivity index (χ0n) is 25.2. The summed E-state index contributed by atoms with van der Waals surface area (Å²) in [4.78, 5) is 41.2. The van der Waals surface area contributed by atoms with Crippen LogP contribution in [0.15, 0.2) is 54.6 Å². The van der Waals surface area contributed by atoms with E-state index in [4.69, 9.17) is 10.5 Å². The summed E-state index contributed by atoms with van der Waals surface area (Å²) >= 11 is 0. The number of rotatable bonds is 12. The van der Waals surface area contributed by atoms with E-state index >= 15 is 0 Å². The number of hydrogen-bond donors (Lipinski definition) is 3. The molecule has 4 N–H and O–H groups in total. The van der Waals surface area contributed by atoms with E-state index in [0.717, 1.165) is 11.1 Å². The van der Waals surface area contributed by atoms with Crippen LogP contribution in [0.25, 0.3) is 0 Å². The predicted octanol–water partition coefficient (Wildman–Crippen LogP) is 1.66. The fourth-order valence-electron chi connectivity index (χ4n) is 5.80. The Morgan fingerprint density at radius 2 is 1.70 bits per heavy atom. The zero-order valence-corrected chi connectivity index (χ0v) is 26.0. The van der Waals surface area contributed by atoms with E-state index in [0.29, 0.717) is 51.1 Å². The van der Waals surface area contributed by atoms with Crippen molar-refractivity contribution in [3.63, 3.8) is 0 Å². The number of ether oxygens (including phenoxy) is 1. The molecular formula is C31H43N5O6S. The molecule has 234 valence electrons. The molecule has 43 heavy (non-hydrogen) atoms. The van der Waals surface area contributed by atoms with Crippen LogP contribution in [-0.4, -0.2) is 81.7 Å². The van der Waals surface area contributed by atoms with Crippen molar-refractivity contribution in [1.82, 2.24) is 15.5 Å². The monoisotopic (exact) mass is 613 g/mol. The molecule has 0 radical (unpaired) electrons. The molecule has 1 saturated heterocycles. The minimum atomic E-state index is -3.46. The molecule has 2 aromatic rings. The molecule has 0 aromatic heterocycles. The van der Waals surface area contributed by atoms with E-state index < -0.39 is 32.9 Å². The molecule has 12 heteroatoms. The molecule has 2 aliphatic heterocycles. The third-order valence-electron chi connectivity index (χ3n) is 8.25. The molecule has 1 fully saturated rings. The fourth-order valence-corrected chi connectivity index (χ4v) is 6.79. The van der Waals surface area contributed by atoms with Gasteiger partial charge in [0.25, 0.3) is 0 Å². The van der Waals surface area contributed by atoms with Gasteiger partial charge in [-0.3, -0.25) is 18.7 Å². The molecule has 0 bridgehead atoms. The van der Waals surface area contributed by atoms with E-state index in [9.17, 15) is 22.8 Å². The molecule has 3 amide bonds. The SMILES string of the molecule is CC(C)(NC(=O)CCCN)C(=O)N[C@H](COCc1ccccc1)C(=O)N1CCC2(CC1)CN(S(C)(=O)=O)c1ccccc12. The van der Waals surface area contributed by atoms with Crippen LogP contribution in [0.2, 0.25) is 0 Å². The summed E-state index contributed by atoms with van der Waals surface area (Å²) in [5, 5.41) is 5.55. The topological polar surface area (TPSA) is 151 Å². The smallest absolute Gasteiger partial charge is 0.247 e. The number of para-hydroxylation sites is 1. The van der Waals surface area contributed by atoms with Crippen LogP contribution in [-0.2, 0) is 41.2 Å². The molecular weight excluding hydrogens is 570 g/mol. The van der Waals surface area contributed by atoms with Crippen LogP contribution >= 0.6 is 0 Å². The molecule has 0 aliphatic carbocycles. The lowest BCUT2D eigenvalue weighted by molar-refractivity contribution is -0.141. The van der Waals surface area contributed by atoms with E-state index in [1.54, 1.807) is 18.7 Å². The van der Waals surface area contributed by atoms with Crippen molar-refractivity contribution in [2.24, 2.45) is 5.73 Å². The molecule has 1 spiro atoms. The number of anilines is 1. The van der Waals surface area contributed by atoms with Gasteiger partial charge in [-0.05, 0) is 56.8 Å². The fraction of sp³-hybridized carbons (Fsp3) is 0.516. The van der Waals surface area contributed by atoms with Gasteiger partial charge in [0.05, 0.1) is 25.2 Å². The van der Waals surface area contributed by atoms with E-state index in [-0.39, 0.29) is 31.4 Å². The lowest BCUT2D eigenvalue weighted by atomic mass is 9.74.